The number of sulfonamides is 1. The molecule has 0 saturated carbocycles. The van der Waals surface area contributed by atoms with E-state index in [-0.39, 0.29) is 29.6 Å². The number of halogens is 1. The van der Waals surface area contributed by atoms with Gasteiger partial charge in [0.05, 0.1) is 22.2 Å². The highest BCUT2D eigenvalue weighted by molar-refractivity contribution is 7.89. The number of rotatable bonds is 2. The first-order valence-corrected chi connectivity index (χ1v) is 7.85. The van der Waals surface area contributed by atoms with E-state index in [9.17, 15) is 13.2 Å². The van der Waals surface area contributed by atoms with Gasteiger partial charge in [0, 0.05) is 20.1 Å². The number of carbonyl (C=O) groups is 1. The van der Waals surface area contributed by atoms with Crippen molar-refractivity contribution in [1.29, 1.82) is 0 Å². The molecular weight excluding hydrogens is 302 g/mol. The van der Waals surface area contributed by atoms with Crippen molar-refractivity contribution in [3.8, 4) is 0 Å². The van der Waals surface area contributed by atoms with Crippen molar-refractivity contribution in [2.24, 2.45) is 0 Å². The Morgan fingerprint density at radius 3 is 2.50 bits per heavy atom. The lowest BCUT2D eigenvalue weighted by molar-refractivity contribution is -0.132. The van der Waals surface area contributed by atoms with Gasteiger partial charge in [-0.2, -0.15) is 4.31 Å². The maximum atomic E-state index is 12.5. The maximum Gasteiger partial charge on any atom is 0.243 e. The molecule has 0 aliphatic carbocycles. The van der Waals surface area contributed by atoms with Crippen molar-refractivity contribution in [2.75, 3.05) is 32.4 Å². The summed E-state index contributed by atoms with van der Waals surface area (Å²) in [5.74, 6) is -0.224. The summed E-state index contributed by atoms with van der Waals surface area (Å²) in [6.45, 7) is 2.18. The Morgan fingerprint density at radius 2 is 1.95 bits per heavy atom. The number of hydrogen-bond acceptors (Lipinski definition) is 4. The number of hydrogen-bond donors (Lipinski definition) is 1. The number of anilines is 1. The molecule has 1 aromatic carbocycles. The van der Waals surface area contributed by atoms with Crippen molar-refractivity contribution in [2.45, 2.75) is 11.8 Å². The van der Waals surface area contributed by atoms with E-state index < -0.39 is 10.0 Å². The average Bonchev–Trinajstić information content (AvgIpc) is 2.38. The third-order valence-electron chi connectivity index (χ3n) is 3.32. The van der Waals surface area contributed by atoms with Gasteiger partial charge in [0.15, 0.2) is 0 Å². The highest BCUT2D eigenvalue weighted by Gasteiger charge is 2.31. The minimum absolute atomic E-state index is 0.0641. The number of nitrogen functional groups attached to an aromatic ring is 1. The van der Waals surface area contributed by atoms with Crippen molar-refractivity contribution in [3.05, 3.63) is 22.7 Å². The molecule has 2 N–H and O–H groups in total. The fourth-order valence-electron chi connectivity index (χ4n) is 2.00. The highest BCUT2D eigenvalue weighted by Crippen LogP contribution is 2.28. The lowest BCUT2D eigenvalue weighted by Gasteiger charge is -2.31. The number of amides is 1. The van der Waals surface area contributed by atoms with E-state index in [1.807, 2.05) is 0 Å². The quantitative estimate of drug-likeness (QED) is 0.814. The van der Waals surface area contributed by atoms with Gasteiger partial charge in [0.1, 0.15) is 0 Å². The molecule has 110 valence electrons. The van der Waals surface area contributed by atoms with Crippen LogP contribution in [0, 0.1) is 6.92 Å². The molecular formula is C12H16ClN3O3S. The van der Waals surface area contributed by atoms with E-state index in [1.54, 1.807) is 14.0 Å². The van der Waals surface area contributed by atoms with Crippen molar-refractivity contribution >= 4 is 33.2 Å². The molecule has 20 heavy (non-hydrogen) atoms. The van der Waals surface area contributed by atoms with Crippen LogP contribution in [0.2, 0.25) is 5.02 Å². The van der Waals surface area contributed by atoms with E-state index >= 15 is 0 Å². The SMILES string of the molecule is Cc1cc(S(=O)(=O)N2CCN(C)C(=O)C2)cc(N)c1Cl. The molecule has 0 aromatic heterocycles. The summed E-state index contributed by atoms with van der Waals surface area (Å²) in [5.41, 5.74) is 6.51. The summed E-state index contributed by atoms with van der Waals surface area (Å²) in [7, 11) is -2.08. The number of aryl methyl sites for hydroxylation is 1. The molecule has 1 aliphatic heterocycles. The average molecular weight is 318 g/mol. The number of nitrogens with zero attached hydrogens (tertiary/aromatic N) is 2. The Labute approximate surface area is 123 Å². The predicted molar refractivity (Wildman–Crippen MR) is 77.0 cm³/mol. The molecule has 1 aliphatic rings. The van der Waals surface area contributed by atoms with Crippen molar-refractivity contribution in [1.82, 2.24) is 9.21 Å². The Hall–Kier alpha value is -1.31. The molecule has 0 spiro atoms. The van der Waals surface area contributed by atoms with Gasteiger partial charge in [0.25, 0.3) is 0 Å². The monoisotopic (exact) mass is 317 g/mol. The molecule has 1 saturated heterocycles. The van der Waals surface area contributed by atoms with E-state index in [1.165, 1.54) is 17.0 Å². The topological polar surface area (TPSA) is 83.7 Å². The van der Waals surface area contributed by atoms with Gasteiger partial charge in [-0.3, -0.25) is 4.79 Å². The second kappa shape index (κ2) is 5.23. The summed E-state index contributed by atoms with van der Waals surface area (Å²) in [6.07, 6.45) is 0. The maximum absolute atomic E-state index is 12.5. The third kappa shape index (κ3) is 2.61. The van der Waals surface area contributed by atoms with Gasteiger partial charge < -0.3 is 10.6 Å². The zero-order valence-corrected chi connectivity index (χ0v) is 12.8. The van der Waals surface area contributed by atoms with E-state index in [2.05, 4.69) is 0 Å². The first-order valence-electron chi connectivity index (χ1n) is 6.03. The van der Waals surface area contributed by atoms with Crippen molar-refractivity contribution in [3.63, 3.8) is 0 Å². The lowest BCUT2D eigenvalue weighted by Crippen LogP contribution is -2.50. The zero-order valence-electron chi connectivity index (χ0n) is 11.3. The number of nitrogens with two attached hydrogens (primary N) is 1. The largest absolute Gasteiger partial charge is 0.397 e. The van der Waals surface area contributed by atoms with E-state index in [0.29, 0.717) is 17.1 Å². The molecule has 2 rings (SSSR count). The number of carbonyl (C=O) groups excluding carboxylic acids is 1. The van der Waals surface area contributed by atoms with Gasteiger partial charge in [-0.05, 0) is 24.6 Å². The standard InChI is InChI=1S/C12H16ClN3O3S/c1-8-5-9(6-10(14)12(8)13)20(18,19)16-4-3-15(2)11(17)7-16/h5-6H,3-4,7,14H2,1-2H3. The van der Waals surface area contributed by atoms with Gasteiger partial charge >= 0.3 is 0 Å². The lowest BCUT2D eigenvalue weighted by atomic mass is 10.2. The first kappa shape index (κ1) is 15.1. The molecule has 0 bridgehead atoms. The second-order valence-corrected chi connectivity index (χ2v) is 7.11. The smallest absolute Gasteiger partial charge is 0.243 e. The van der Waals surface area contributed by atoms with Crippen LogP contribution in [0.5, 0.6) is 0 Å². The molecule has 1 fully saturated rings. The van der Waals surface area contributed by atoms with Crippen LogP contribution in [0.25, 0.3) is 0 Å². The van der Waals surface area contributed by atoms with Crippen LogP contribution in [-0.4, -0.2) is 50.2 Å². The molecule has 0 unspecified atom stereocenters. The number of benzene rings is 1. The van der Waals surface area contributed by atoms with Crippen LogP contribution >= 0.6 is 11.6 Å². The number of piperazine rings is 1. The Bertz CT molecular complexity index is 637. The van der Waals surface area contributed by atoms with Crippen LogP contribution < -0.4 is 5.73 Å². The molecule has 8 heteroatoms. The molecule has 0 radical (unpaired) electrons. The Balaban J connectivity index is 2.38. The third-order valence-corrected chi connectivity index (χ3v) is 5.66. The number of likely N-dealkylation sites (N-methyl/N-ethyl adjacent to an activating group) is 1. The second-order valence-electron chi connectivity index (χ2n) is 4.80. The Kier molecular flexibility index (Phi) is 3.95. The zero-order chi connectivity index (χ0) is 15.1. The summed E-state index contributed by atoms with van der Waals surface area (Å²) in [4.78, 5) is 13.2. The van der Waals surface area contributed by atoms with Crippen LogP contribution in [0.3, 0.4) is 0 Å². The first-order chi connectivity index (χ1) is 9.23. The summed E-state index contributed by atoms with van der Waals surface area (Å²) >= 11 is 5.93. The molecule has 1 amide bonds. The van der Waals surface area contributed by atoms with Crippen LogP contribution in [0.1, 0.15) is 5.56 Å². The molecule has 1 aromatic rings. The molecule has 6 nitrogen and oxygen atoms in total. The minimum atomic E-state index is -3.73. The summed E-state index contributed by atoms with van der Waals surface area (Å²) in [5, 5.41) is 0.346. The summed E-state index contributed by atoms with van der Waals surface area (Å²) in [6, 6.07) is 2.80. The fourth-order valence-corrected chi connectivity index (χ4v) is 3.61. The highest BCUT2D eigenvalue weighted by atomic mass is 35.5. The van der Waals surface area contributed by atoms with Gasteiger partial charge in [0.2, 0.25) is 15.9 Å². The minimum Gasteiger partial charge on any atom is -0.397 e. The van der Waals surface area contributed by atoms with Crippen LogP contribution in [0.15, 0.2) is 17.0 Å². The predicted octanol–water partition coefficient (Wildman–Crippen LogP) is 0.693. The molecule has 0 atom stereocenters. The van der Waals surface area contributed by atoms with Crippen LogP contribution in [0.4, 0.5) is 5.69 Å². The fraction of sp³-hybridized carbons (Fsp3) is 0.417. The normalized spacial score (nSPS) is 17.6. The van der Waals surface area contributed by atoms with Gasteiger partial charge in [-0.25, -0.2) is 8.42 Å². The molecule has 1 heterocycles. The van der Waals surface area contributed by atoms with E-state index in [4.69, 9.17) is 17.3 Å². The van der Waals surface area contributed by atoms with E-state index in [0.717, 1.165) is 4.31 Å². The summed E-state index contributed by atoms with van der Waals surface area (Å²) < 4.78 is 26.2. The van der Waals surface area contributed by atoms with Crippen LogP contribution in [-0.2, 0) is 14.8 Å². The van der Waals surface area contributed by atoms with Gasteiger partial charge in [-0.1, -0.05) is 11.6 Å². The Morgan fingerprint density at radius 1 is 1.30 bits per heavy atom. The van der Waals surface area contributed by atoms with Crippen molar-refractivity contribution < 1.29 is 13.2 Å². The van der Waals surface area contributed by atoms with Gasteiger partial charge in [-0.15, -0.1) is 0 Å².